The standard InChI is InChI=1S/C15H18N2OS.ClH/c1-19-14-7-5-13(6-8-14)12-16-10-11-18-15-4-2-3-9-17-15;/h2-9,16H,10-12H2,1H3;1H. The molecule has 0 atom stereocenters. The number of rotatable bonds is 7. The van der Waals surface area contributed by atoms with Crippen LogP contribution in [0.3, 0.4) is 0 Å². The Morgan fingerprint density at radius 2 is 1.95 bits per heavy atom. The Balaban J connectivity index is 0.00000200. The molecule has 0 saturated carbocycles. The number of nitrogens with one attached hydrogen (secondary N) is 1. The van der Waals surface area contributed by atoms with E-state index in [0.717, 1.165) is 13.1 Å². The summed E-state index contributed by atoms with van der Waals surface area (Å²) in [6, 6.07) is 14.3. The monoisotopic (exact) mass is 310 g/mol. The molecule has 1 heterocycles. The number of pyridine rings is 1. The summed E-state index contributed by atoms with van der Waals surface area (Å²) in [6.07, 6.45) is 3.82. The highest BCUT2D eigenvalue weighted by Gasteiger charge is 1.95. The minimum atomic E-state index is 0. The summed E-state index contributed by atoms with van der Waals surface area (Å²) < 4.78 is 5.50. The van der Waals surface area contributed by atoms with Gasteiger partial charge in [0.1, 0.15) is 6.61 Å². The highest BCUT2D eigenvalue weighted by Crippen LogP contribution is 2.14. The van der Waals surface area contributed by atoms with Crippen molar-refractivity contribution in [1.29, 1.82) is 0 Å². The van der Waals surface area contributed by atoms with Gasteiger partial charge in [0.25, 0.3) is 0 Å². The van der Waals surface area contributed by atoms with E-state index in [1.165, 1.54) is 10.5 Å². The molecule has 0 aliphatic heterocycles. The van der Waals surface area contributed by atoms with Crippen molar-refractivity contribution in [3.8, 4) is 5.88 Å². The van der Waals surface area contributed by atoms with Gasteiger partial charge in [-0.15, -0.1) is 24.2 Å². The molecule has 0 unspecified atom stereocenters. The average molecular weight is 311 g/mol. The van der Waals surface area contributed by atoms with E-state index in [9.17, 15) is 0 Å². The van der Waals surface area contributed by atoms with Gasteiger partial charge in [-0.1, -0.05) is 18.2 Å². The quantitative estimate of drug-likeness (QED) is 0.628. The highest BCUT2D eigenvalue weighted by atomic mass is 35.5. The number of nitrogens with zero attached hydrogens (tertiary/aromatic N) is 1. The molecule has 2 aromatic rings. The van der Waals surface area contributed by atoms with Gasteiger partial charge in [-0.05, 0) is 30.0 Å². The molecule has 0 amide bonds. The Labute approximate surface area is 130 Å². The first-order valence-electron chi connectivity index (χ1n) is 6.26. The topological polar surface area (TPSA) is 34.1 Å². The van der Waals surface area contributed by atoms with E-state index in [4.69, 9.17) is 4.74 Å². The average Bonchev–Trinajstić information content (AvgIpc) is 2.49. The molecule has 0 fully saturated rings. The summed E-state index contributed by atoms with van der Waals surface area (Å²) in [5, 5.41) is 3.35. The van der Waals surface area contributed by atoms with E-state index < -0.39 is 0 Å². The van der Waals surface area contributed by atoms with Gasteiger partial charge in [0.05, 0.1) is 0 Å². The van der Waals surface area contributed by atoms with Crippen LogP contribution >= 0.6 is 24.2 Å². The Kier molecular flexibility index (Phi) is 8.11. The number of halogens is 1. The zero-order valence-electron chi connectivity index (χ0n) is 11.4. The molecular formula is C15H19ClN2OS. The number of thioether (sulfide) groups is 1. The maximum Gasteiger partial charge on any atom is 0.213 e. The maximum atomic E-state index is 5.50. The second-order valence-corrected chi connectivity index (χ2v) is 4.92. The summed E-state index contributed by atoms with van der Waals surface area (Å²) in [5.74, 6) is 0.675. The van der Waals surface area contributed by atoms with E-state index in [2.05, 4.69) is 40.8 Å². The van der Waals surface area contributed by atoms with Crippen LogP contribution in [-0.2, 0) is 6.54 Å². The van der Waals surface area contributed by atoms with E-state index >= 15 is 0 Å². The third-order valence-corrected chi connectivity index (χ3v) is 3.40. The lowest BCUT2D eigenvalue weighted by Gasteiger charge is -2.07. The van der Waals surface area contributed by atoms with Crippen molar-refractivity contribution in [1.82, 2.24) is 10.3 Å². The van der Waals surface area contributed by atoms with E-state index in [1.807, 2.05) is 18.2 Å². The molecule has 0 aliphatic rings. The summed E-state index contributed by atoms with van der Waals surface area (Å²) >= 11 is 1.76. The number of hydrogen-bond acceptors (Lipinski definition) is 4. The van der Waals surface area contributed by atoms with Crippen LogP contribution in [0.5, 0.6) is 5.88 Å². The molecule has 1 aromatic heterocycles. The van der Waals surface area contributed by atoms with Gasteiger partial charge in [0.15, 0.2) is 0 Å². The SMILES string of the molecule is CSc1ccc(CNCCOc2ccccn2)cc1.Cl. The predicted molar refractivity (Wildman–Crippen MR) is 86.9 cm³/mol. The number of aromatic nitrogens is 1. The van der Waals surface area contributed by atoms with Gasteiger partial charge in [0, 0.05) is 30.2 Å². The van der Waals surface area contributed by atoms with Crippen LogP contribution < -0.4 is 10.1 Å². The van der Waals surface area contributed by atoms with Crippen molar-refractivity contribution in [2.75, 3.05) is 19.4 Å². The molecule has 1 N–H and O–H groups in total. The highest BCUT2D eigenvalue weighted by molar-refractivity contribution is 7.98. The van der Waals surface area contributed by atoms with Crippen LogP contribution in [0.25, 0.3) is 0 Å². The molecule has 0 radical (unpaired) electrons. The van der Waals surface area contributed by atoms with Gasteiger partial charge in [-0.25, -0.2) is 4.98 Å². The molecule has 108 valence electrons. The summed E-state index contributed by atoms with van der Waals surface area (Å²) in [4.78, 5) is 5.40. The normalized spacial score (nSPS) is 9.85. The zero-order valence-corrected chi connectivity index (χ0v) is 13.0. The van der Waals surface area contributed by atoms with Gasteiger partial charge >= 0.3 is 0 Å². The molecule has 3 nitrogen and oxygen atoms in total. The van der Waals surface area contributed by atoms with Gasteiger partial charge in [-0.2, -0.15) is 0 Å². The first-order chi connectivity index (χ1) is 9.38. The van der Waals surface area contributed by atoms with E-state index in [-0.39, 0.29) is 12.4 Å². The molecule has 5 heteroatoms. The Morgan fingerprint density at radius 1 is 1.15 bits per heavy atom. The van der Waals surface area contributed by atoms with Gasteiger partial charge in [0.2, 0.25) is 5.88 Å². The lowest BCUT2D eigenvalue weighted by atomic mass is 10.2. The molecule has 1 aromatic carbocycles. The zero-order chi connectivity index (χ0) is 13.3. The van der Waals surface area contributed by atoms with Crippen LogP contribution in [0.1, 0.15) is 5.56 Å². The predicted octanol–water partition coefficient (Wildman–Crippen LogP) is 3.39. The smallest absolute Gasteiger partial charge is 0.213 e. The van der Waals surface area contributed by atoms with Gasteiger partial charge in [-0.3, -0.25) is 0 Å². The fourth-order valence-electron chi connectivity index (χ4n) is 1.64. The minimum Gasteiger partial charge on any atom is -0.476 e. The van der Waals surface area contributed by atoms with E-state index in [1.54, 1.807) is 18.0 Å². The molecule has 0 saturated heterocycles. The summed E-state index contributed by atoms with van der Waals surface area (Å²) in [7, 11) is 0. The molecule has 0 aliphatic carbocycles. The molecule has 2 rings (SSSR count). The van der Waals surface area contributed by atoms with Crippen molar-refractivity contribution in [2.24, 2.45) is 0 Å². The molecular weight excluding hydrogens is 292 g/mol. The van der Waals surface area contributed by atoms with Crippen LogP contribution in [0.2, 0.25) is 0 Å². The Morgan fingerprint density at radius 3 is 2.60 bits per heavy atom. The first kappa shape index (κ1) is 16.8. The lowest BCUT2D eigenvalue weighted by Crippen LogP contribution is -2.20. The van der Waals surface area contributed by atoms with Gasteiger partial charge < -0.3 is 10.1 Å². The fourth-order valence-corrected chi connectivity index (χ4v) is 2.04. The van der Waals surface area contributed by atoms with Crippen molar-refractivity contribution >= 4 is 24.2 Å². The minimum absolute atomic E-state index is 0. The number of ether oxygens (including phenoxy) is 1. The molecule has 0 bridgehead atoms. The van der Waals surface area contributed by atoms with Crippen LogP contribution in [0, 0.1) is 0 Å². The van der Waals surface area contributed by atoms with Crippen LogP contribution in [-0.4, -0.2) is 24.4 Å². The maximum absolute atomic E-state index is 5.50. The van der Waals surface area contributed by atoms with Crippen molar-refractivity contribution in [2.45, 2.75) is 11.4 Å². The molecule has 0 spiro atoms. The van der Waals surface area contributed by atoms with E-state index in [0.29, 0.717) is 12.5 Å². The summed E-state index contributed by atoms with van der Waals surface area (Å²) in [5.41, 5.74) is 1.29. The number of benzene rings is 1. The van der Waals surface area contributed by atoms with Crippen LogP contribution in [0.4, 0.5) is 0 Å². The molecule has 20 heavy (non-hydrogen) atoms. The third kappa shape index (κ3) is 5.82. The first-order valence-corrected chi connectivity index (χ1v) is 7.48. The van der Waals surface area contributed by atoms with Crippen molar-refractivity contribution < 1.29 is 4.74 Å². The number of hydrogen-bond donors (Lipinski definition) is 1. The second-order valence-electron chi connectivity index (χ2n) is 4.04. The summed E-state index contributed by atoms with van der Waals surface area (Å²) in [6.45, 7) is 2.29. The second kappa shape index (κ2) is 9.64. The fraction of sp³-hybridized carbons (Fsp3) is 0.267. The third-order valence-electron chi connectivity index (χ3n) is 2.65. The van der Waals surface area contributed by atoms with Crippen molar-refractivity contribution in [3.05, 3.63) is 54.2 Å². The Bertz CT molecular complexity index is 479. The van der Waals surface area contributed by atoms with Crippen molar-refractivity contribution in [3.63, 3.8) is 0 Å². The van der Waals surface area contributed by atoms with Crippen LogP contribution in [0.15, 0.2) is 53.6 Å². The lowest BCUT2D eigenvalue weighted by molar-refractivity contribution is 0.302. The Hall–Kier alpha value is -1.23. The largest absolute Gasteiger partial charge is 0.476 e.